The minimum absolute atomic E-state index is 0.212. The van der Waals surface area contributed by atoms with E-state index in [1.165, 1.54) is 6.42 Å². The smallest absolute Gasteiger partial charge is 0.268 e. The van der Waals surface area contributed by atoms with Gasteiger partial charge in [-0.15, -0.1) is 0 Å². The van der Waals surface area contributed by atoms with Crippen molar-refractivity contribution in [2.24, 2.45) is 7.05 Å². The van der Waals surface area contributed by atoms with Gasteiger partial charge in [0.2, 0.25) is 5.43 Å². The van der Waals surface area contributed by atoms with E-state index in [-0.39, 0.29) is 16.4 Å². The lowest BCUT2D eigenvalue weighted by Crippen LogP contribution is -2.30. The first-order valence-electron chi connectivity index (χ1n) is 9.49. The Balaban J connectivity index is 1.98. The number of aromatic nitrogens is 2. The zero-order valence-corrected chi connectivity index (χ0v) is 16.2. The highest BCUT2D eigenvalue weighted by Gasteiger charge is 2.26. The van der Waals surface area contributed by atoms with Crippen LogP contribution in [0, 0.1) is 0 Å². The summed E-state index contributed by atoms with van der Waals surface area (Å²) < 4.78 is 3.66. The van der Waals surface area contributed by atoms with Crippen LogP contribution in [0.2, 0.25) is 5.02 Å². The Labute approximate surface area is 166 Å². The van der Waals surface area contributed by atoms with Crippen molar-refractivity contribution < 1.29 is 0 Å². The van der Waals surface area contributed by atoms with Crippen molar-refractivity contribution in [3.8, 4) is 5.69 Å². The molecule has 140 valence electrons. The molecule has 4 nitrogen and oxygen atoms in total. The second kappa shape index (κ2) is 6.35. The van der Waals surface area contributed by atoms with Crippen LogP contribution in [0.3, 0.4) is 0 Å². The van der Waals surface area contributed by atoms with Crippen molar-refractivity contribution in [1.82, 2.24) is 9.13 Å². The number of fused-ring (bicyclic) bond motifs is 2. The molecule has 2 aromatic carbocycles. The number of hydrogen-bond donors (Lipinski definition) is 0. The topological polar surface area (TPSA) is 44.0 Å². The van der Waals surface area contributed by atoms with Gasteiger partial charge in [-0.2, -0.15) is 0 Å². The molecule has 2 aromatic heterocycles. The molecule has 0 unspecified atom stereocenters. The molecule has 0 radical (unpaired) electrons. The molecule has 5 heteroatoms. The van der Waals surface area contributed by atoms with E-state index in [0.717, 1.165) is 29.7 Å². The van der Waals surface area contributed by atoms with Crippen LogP contribution in [0.25, 0.3) is 27.5 Å². The fourth-order valence-electron chi connectivity index (χ4n) is 4.19. The summed E-state index contributed by atoms with van der Waals surface area (Å²) in [6, 6.07) is 16.9. The van der Waals surface area contributed by atoms with E-state index in [1.807, 2.05) is 54.1 Å². The molecular weight excluding hydrogens is 372 g/mol. The van der Waals surface area contributed by atoms with E-state index in [0.29, 0.717) is 21.8 Å². The van der Waals surface area contributed by atoms with E-state index in [9.17, 15) is 9.59 Å². The summed E-state index contributed by atoms with van der Waals surface area (Å²) >= 11 is 6.12. The number of aryl methyl sites for hydroxylation is 1. The fourth-order valence-corrected chi connectivity index (χ4v) is 4.36. The first kappa shape index (κ1) is 17.3. The van der Waals surface area contributed by atoms with E-state index >= 15 is 0 Å². The first-order valence-corrected chi connectivity index (χ1v) is 9.87. The molecule has 0 bridgehead atoms. The van der Waals surface area contributed by atoms with Crippen LogP contribution in [-0.4, -0.2) is 9.13 Å². The number of benzene rings is 2. The molecule has 2 heterocycles. The molecule has 4 aromatic rings. The van der Waals surface area contributed by atoms with Crippen LogP contribution in [-0.2, 0) is 7.05 Å². The average molecular weight is 391 g/mol. The molecule has 5 rings (SSSR count). The van der Waals surface area contributed by atoms with Gasteiger partial charge in [0.15, 0.2) is 0 Å². The van der Waals surface area contributed by atoms with Crippen molar-refractivity contribution in [3.05, 3.63) is 85.9 Å². The lowest BCUT2D eigenvalue weighted by Gasteiger charge is -2.29. The van der Waals surface area contributed by atoms with Gasteiger partial charge in [-0.05, 0) is 55.2 Å². The summed E-state index contributed by atoms with van der Waals surface area (Å²) in [6.45, 7) is 0. The van der Waals surface area contributed by atoms with Gasteiger partial charge in [-0.3, -0.25) is 14.2 Å². The number of para-hydroxylation sites is 1. The third kappa shape index (κ3) is 2.45. The van der Waals surface area contributed by atoms with Crippen molar-refractivity contribution in [1.29, 1.82) is 0 Å². The Morgan fingerprint density at radius 2 is 1.71 bits per heavy atom. The standard InChI is InChI=1S/C23H19ClN2O2/c1-25-18-11-10-15(24)12-17(18)22(27)21-20(25)13-19(14-6-5-7-14)26(23(21)28)16-8-3-2-4-9-16/h2-4,8-14H,5-7H2,1H3. The minimum atomic E-state index is -0.263. The Hall–Kier alpha value is -2.85. The monoisotopic (exact) mass is 390 g/mol. The van der Waals surface area contributed by atoms with Gasteiger partial charge >= 0.3 is 0 Å². The molecule has 28 heavy (non-hydrogen) atoms. The second-order valence-corrected chi connectivity index (χ2v) is 7.92. The van der Waals surface area contributed by atoms with Crippen LogP contribution < -0.4 is 11.0 Å². The van der Waals surface area contributed by atoms with Crippen molar-refractivity contribution in [3.63, 3.8) is 0 Å². The molecule has 0 spiro atoms. The van der Waals surface area contributed by atoms with Crippen LogP contribution in [0.5, 0.6) is 0 Å². The Kier molecular flexibility index (Phi) is 3.91. The predicted octanol–water partition coefficient (Wildman–Crippen LogP) is 4.76. The summed E-state index contributed by atoms with van der Waals surface area (Å²) in [5.74, 6) is 0.341. The molecule has 0 saturated heterocycles. The van der Waals surface area contributed by atoms with Gasteiger partial charge in [-0.1, -0.05) is 36.2 Å². The number of nitrogens with zero attached hydrogens (tertiary/aromatic N) is 2. The Bertz CT molecular complexity index is 1350. The van der Waals surface area contributed by atoms with Crippen LogP contribution >= 0.6 is 11.6 Å². The van der Waals surface area contributed by atoms with Gasteiger partial charge in [0, 0.05) is 28.8 Å². The van der Waals surface area contributed by atoms with E-state index in [4.69, 9.17) is 11.6 Å². The summed E-state index contributed by atoms with van der Waals surface area (Å²) in [5, 5.41) is 1.17. The number of hydrogen-bond acceptors (Lipinski definition) is 2. The molecule has 1 aliphatic carbocycles. The maximum atomic E-state index is 13.6. The maximum Gasteiger partial charge on any atom is 0.268 e. The molecule has 1 saturated carbocycles. The van der Waals surface area contributed by atoms with Gasteiger partial charge in [0.25, 0.3) is 5.56 Å². The number of pyridine rings is 2. The van der Waals surface area contributed by atoms with Gasteiger partial charge < -0.3 is 4.57 Å². The molecule has 1 aliphatic rings. The summed E-state index contributed by atoms with van der Waals surface area (Å²) in [5.41, 5.74) is 2.72. The highest BCUT2D eigenvalue weighted by atomic mass is 35.5. The number of halogens is 1. The largest absolute Gasteiger partial charge is 0.343 e. The Morgan fingerprint density at radius 1 is 0.964 bits per heavy atom. The summed E-state index contributed by atoms with van der Waals surface area (Å²) in [4.78, 5) is 26.9. The van der Waals surface area contributed by atoms with Crippen molar-refractivity contribution in [2.75, 3.05) is 0 Å². The maximum absolute atomic E-state index is 13.6. The first-order chi connectivity index (χ1) is 13.6. The average Bonchev–Trinajstić information content (AvgIpc) is 2.65. The van der Waals surface area contributed by atoms with Crippen LogP contribution in [0.1, 0.15) is 30.9 Å². The van der Waals surface area contributed by atoms with Crippen LogP contribution in [0.4, 0.5) is 0 Å². The zero-order chi connectivity index (χ0) is 19.4. The molecule has 0 N–H and O–H groups in total. The quantitative estimate of drug-likeness (QED) is 0.463. The van der Waals surface area contributed by atoms with Gasteiger partial charge in [-0.25, -0.2) is 0 Å². The lowest BCUT2D eigenvalue weighted by molar-refractivity contribution is 0.404. The summed E-state index contributed by atoms with van der Waals surface area (Å²) in [6.07, 6.45) is 3.30. The molecule has 0 amide bonds. The van der Waals surface area contributed by atoms with Gasteiger partial charge in [0.1, 0.15) is 5.39 Å². The Morgan fingerprint density at radius 3 is 2.39 bits per heavy atom. The van der Waals surface area contributed by atoms with Crippen molar-refractivity contribution >= 4 is 33.4 Å². The molecule has 1 fully saturated rings. The normalized spacial score (nSPS) is 14.5. The number of rotatable bonds is 2. The third-order valence-corrected chi connectivity index (χ3v) is 6.14. The zero-order valence-electron chi connectivity index (χ0n) is 15.5. The highest BCUT2D eigenvalue weighted by molar-refractivity contribution is 6.31. The molecule has 0 aliphatic heterocycles. The second-order valence-electron chi connectivity index (χ2n) is 7.48. The fraction of sp³-hybridized carbons (Fsp3) is 0.217. The van der Waals surface area contributed by atoms with E-state index < -0.39 is 0 Å². The molecule has 0 atom stereocenters. The molecular formula is C23H19ClN2O2. The van der Waals surface area contributed by atoms with Gasteiger partial charge in [0.05, 0.1) is 11.0 Å². The minimum Gasteiger partial charge on any atom is -0.343 e. The third-order valence-electron chi connectivity index (χ3n) is 5.91. The van der Waals surface area contributed by atoms with E-state index in [1.54, 1.807) is 16.7 Å². The summed E-state index contributed by atoms with van der Waals surface area (Å²) in [7, 11) is 1.90. The lowest BCUT2D eigenvalue weighted by atomic mass is 9.82. The highest BCUT2D eigenvalue weighted by Crippen LogP contribution is 2.37. The van der Waals surface area contributed by atoms with Crippen molar-refractivity contribution in [2.45, 2.75) is 25.2 Å². The van der Waals surface area contributed by atoms with E-state index in [2.05, 4.69) is 0 Å². The van der Waals surface area contributed by atoms with Crippen LogP contribution in [0.15, 0.2) is 64.2 Å². The predicted molar refractivity (Wildman–Crippen MR) is 114 cm³/mol. The SMILES string of the molecule is Cn1c2ccc(Cl)cc2c(=O)c2c(=O)n(-c3ccccc3)c(C3CCC3)cc21.